The number of primary amides is 1. The van der Waals surface area contributed by atoms with Gasteiger partial charge in [0.2, 0.25) is 5.91 Å². The molecule has 2 heterocycles. The average molecular weight is 456 g/mol. The minimum Gasteiger partial charge on any atom is -0.368 e. The Morgan fingerprint density at radius 1 is 1.09 bits per heavy atom. The molecular weight excluding hydrogens is 429 g/mol. The third-order valence-corrected chi connectivity index (χ3v) is 6.57. The minimum absolute atomic E-state index is 0.0880. The van der Waals surface area contributed by atoms with Crippen molar-refractivity contribution in [1.82, 2.24) is 4.90 Å². The molecule has 2 aromatic rings. The molecule has 9 heteroatoms. The number of hydrogen-bond donors (Lipinski definition) is 2. The molecule has 32 heavy (non-hydrogen) atoms. The van der Waals surface area contributed by atoms with Crippen LogP contribution < -0.4 is 16.1 Å². The lowest BCUT2D eigenvalue weighted by atomic mass is 10.1. The fourth-order valence-electron chi connectivity index (χ4n) is 3.77. The molecule has 168 valence electrons. The highest BCUT2D eigenvalue weighted by Gasteiger charge is 2.35. The van der Waals surface area contributed by atoms with Gasteiger partial charge in [-0.05, 0) is 48.4 Å². The molecule has 7 nitrogen and oxygen atoms in total. The molecule has 0 saturated carbocycles. The first kappa shape index (κ1) is 22.3. The van der Waals surface area contributed by atoms with Gasteiger partial charge in [-0.3, -0.25) is 14.6 Å². The number of anilines is 2. The third-order valence-electron chi connectivity index (χ3n) is 5.62. The summed E-state index contributed by atoms with van der Waals surface area (Å²) >= 11 is 2.00. The summed E-state index contributed by atoms with van der Waals surface area (Å²) in [5, 5.41) is 8.50. The van der Waals surface area contributed by atoms with Crippen LogP contribution in [0.2, 0.25) is 0 Å². The van der Waals surface area contributed by atoms with Crippen LogP contribution >= 0.6 is 11.8 Å². The van der Waals surface area contributed by atoms with Gasteiger partial charge in [0.15, 0.2) is 0 Å². The van der Waals surface area contributed by atoms with Gasteiger partial charge in [0.1, 0.15) is 17.6 Å². The Balaban J connectivity index is 1.37. The molecule has 2 amide bonds. The number of thioether (sulfide) groups is 1. The van der Waals surface area contributed by atoms with Crippen molar-refractivity contribution in [3.05, 3.63) is 59.9 Å². The number of benzene rings is 2. The molecule has 0 aliphatic carbocycles. The lowest BCUT2D eigenvalue weighted by molar-refractivity contribution is -0.119. The van der Waals surface area contributed by atoms with E-state index in [-0.39, 0.29) is 18.0 Å². The SMILES string of the molecule is NC(=O)C1CC(C(=O)Nc2ccc(CCN3CCSCC3)cc2)=NN1c1ccc(F)cc1. The van der Waals surface area contributed by atoms with Crippen molar-refractivity contribution in [2.45, 2.75) is 18.9 Å². The fraction of sp³-hybridized carbons (Fsp3) is 0.348. The number of nitrogens with two attached hydrogens (primary N) is 1. The standard InChI is InChI=1S/C23H26FN5O2S/c24-17-3-7-19(8-4-17)29-21(22(25)30)15-20(27-29)23(31)26-18-5-1-16(2-6-18)9-10-28-11-13-32-14-12-28/h1-8,21H,9-15H2,(H2,25,30)(H,26,31). The number of nitrogens with zero attached hydrogens (tertiary/aromatic N) is 3. The van der Waals surface area contributed by atoms with Gasteiger partial charge < -0.3 is 16.0 Å². The van der Waals surface area contributed by atoms with Crippen LogP contribution in [0.1, 0.15) is 12.0 Å². The van der Waals surface area contributed by atoms with Crippen LogP contribution in [0.4, 0.5) is 15.8 Å². The second-order valence-corrected chi connectivity index (χ2v) is 9.07. The van der Waals surface area contributed by atoms with Gasteiger partial charge in [-0.25, -0.2) is 4.39 Å². The highest BCUT2D eigenvalue weighted by atomic mass is 32.2. The van der Waals surface area contributed by atoms with Crippen molar-refractivity contribution < 1.29 is 14.0 Å². The van der Waals surface area contributed by atoms with Gasteiger partial charge in [0, 0.05) is 43.2 Å². The maximum absolute atomic E-state index is 13.2. The highest BCUT2D eigenvalue weighted by molar-refractivity contribution is 7.99. The van der Waals surface area contributed by atoms with E-state index >= 15 is 0 Å². The zero-order valence-electron chi connectivity index (χ0n) is 17.7. The van der Waals surface area contributed by atoms with Crippen molar-refractivity contribution in [1.29, 1.82) is 0 Å². The van der Waals surface area contributed by atoms with E-state index < -0.39 is 17.8 Å². The fourth-order valence-corrected chi connectivity index (χ4v) is 4.75. The molecule has 1 saturated heterocycles. The van der Waals surface area contributed by atoms with Gasteiger partial charge >= 0.3 is 0 Å². The number of amides is 2. The summed E-state index contributed by atoms with van der Waals surface area (Å²) in [6.45, 7) is 3.32. The summed E-state index contributed by atoms with van der Waals surface area (Å²) in [4.78, 5) is 27.1. The summed E-state index contributed by atoms with van der Waals surface area (Å²) in [7, 11) is 0. The average Bonchev–Trinajstić information content (AvgIpc) is 3.26. The van der Waals surface area contributed by atoms with Crippen LogP contribution in [-0.2, 0) is 16.0 Å². The van der Waals surface area contributed by atoms with Crippen LogP contribution in [0.3, 0.4) is 0 Å². The molecule has 1 unspecified atom stereocenters. The Morgan fingerprint density at radius 3 is 2.44 bits per heavy atom. The smallest absolute Gasteiger partial charge is 0.271 e. The molecule has 2 aliphatic rings. The van der Waals surface area contributed by atoms with Crippen molar-refractivity contribution in [3.8, 4) is 0 Å². The van der Waals surface area contributed by atoms with Gasteiger partial charge in [0.25, 0.3) is 5.91 Å². The predicted octanol–water partition coefficient (Wildman–Crippen LogP) is 2.48. The Morgan fingerprint density at radius 2 is 1.78 bits per heavy atom. The third kappa shape index (κ3) is 5.46. The predicted molar refractivity (Wildman–Crippen MR) is 126 cm³/mol. The lowest BCUT2D eigenvalue weighted by Crippen LogP contribution is -2.39. The number of rotatable bonds is 7. The van der Waals surface area contributed by atoms with Crippen LogP contribution in [0, 0.1) is 5.82 Å². The van der Waals surface area contributed by atoms with Crippen LogP contribution in [0.5, 0.6) is 0 Å². The molecule has 0 radical (unpaired) electrons. The van der Waals surface area contributed by atoms with E-state index in [1.54, 1.807) is 0 Å². The lowest BCUT2D eigenvalue weighted by Gasteiger charge is -2.26. The number of hydrogen-bond acceptors (Lipinski definition) is 6. The molecule has 1 atom stereocenters. The molecule has 2 aliphatic heterocycles. The first-order valence-corrected chi connectivity index (χ1v) is 11.8. The van der Waals surface area contributed by atoms with E-state index in [0.717, 1.165) is 26.1 Å². The zero-order chi connectivity index (χ0) is 22.5. The number of nitrogens with one attached hydrogen (secondary N) is 1. The number of carbonyl (C=O) groups is 2. The Hall–Kier alpha value is -2.91. The maximum Gasteiger partial charge on any atom is 0.271 e. The maximum atomic E-state index is 13.2. The summed E-state index contributed by atoms with van der Waals surface area (Å²) in [6, 6.07) is 12.5. The second-order valence-electron chi connectivity index (χ2n) is 7.85. The summed E-state index contributed by atoms with van der Waals surface area (Å²) < 4.78 is 13.2. The number of hydrazone groups is 1. The summed E-state index contributed by atoms with van der Waals surface area (Å²) in [5.41, 5.74) is 8.08. The number of carbonyl (C=O) groups excluding carboxylic acids is 2. The highest BCUT2D eigenvalue weighted by Crippen LogP contribution is 2.25. The summed E-state index contributed by atoms with van der Waals surface area (Å²) in [6.07, 6.45) is 1.06. The van der Waals surface area contributed by atoms with E-state index in [9.17, 15) is 14.0 Å². The molecule has 1 fully saturated rings. The van der Waals surface area contributed by atoms with Crippen molar-refractivity contribution in [2.75, 3.05) is 41.5 Å². The normalized spacial score (nSPS) is 19.0. The van der Waals surface area contributed by atoms with E-state index in [1.165, 1.54) is 46.3 Å². The Labute approximate surface area is 190 Å². The minimum atomic E-state index is -0.795. The molecule has 0 bridgehead atoms. The van der Waals surface area contributed by atoms with E-state index in [0.29, 0.717) is 11.4 Å². The van der Waals surface area contributed by atoms with Gasteiger partial charge in [-0.2, -0.15) is 16.9 Å². The molecule has 2 aromatic carbocycles. The Bertz CT molecular complexity index is 990. The number of halogens is 1. The molecule has 3 N–H and O–H groups in total. The van der Waals surface area contributed by atoms with Gasteiger partial charge in [0.05, 0.1) is 5.69 Å². The molecule has 0 spiro atoms. The summed E-state index contributed by atoms with van der Waals surface area (Å²) in [5.74, 6) is 1.01. The van der Waals surface area contributed by atoms with Crippen molar-refractivity contribution in [2.24, 2.45) is 10.8 Å². The molecular formula is C23H26FN5O2S. The largest absolute Gasteiger partial charge is 0.368 e. The monoisotopic (exact) mass is 455 g/mol. The Kier molecular flexibility index (Phi) is 7.06. The van der Waals surface area contributed by atoms with Crippen molar-refractivity contribution in [3.63, 3.8) is 0 Å². The molecule has 4 rings (SSSR count). The van der Waals surface area contributed by atoms with E-state index in [1.807, 2.05) is 36.0 Å². The van der Waals surface area contributed by atoms with Crippen LogP contribution in [-0.4, -0.2) is 59.6 Å². The van der Waals surface area contributed by atoms with Gasteiger partial charge in [-0.15, -0.1) is 0 Å². The van der Waals surface area contributed by atoms with E-state index in [2.05, 4.69) is 15.3 Å². The zero-order valence-corrected chi connectivity index (χ0v) is 18.5. The second kappa shape index (κ2) is 10.1. The van der Waals surface area contributed by atoms with Crippen molar-refractivity contribution >= 4 is 40.7 Å². The first-order chi connectivity index (χ1) is 15.5. The quantitative estimate of drug-likeness (QED) is 0.669. The van der Waals surface area contributed by atoms with Crippen LogP contribution in [0.25, 0.3) is 0 Å². The first-order valence-electron chi connectivity index (χ1n) is 10.6. The molecule has 0 aromatic heterocycles. The topological polar surface area (TPSA) is 91.0 Å². The van der Waals surface area contributed by atoms with E-state index in [4.69, 9.17) is 5.73 Å². The van der Waals surface area contributed by atoms with Crippen LogP contribution in [0.15, 0.2) is 53.6 Å². The van der Waals surface area contributed by atoms with Gasteiger partial charge in [-0.1, -0.05) is 12.1 Å².